The standard InChI is InChI=1S/C8H15N5O7S2/c1-10-21(15,16)11-7(9)6-3-2-5-4-12(6)8(14)13(5)20-22(17,18)19/h5-6,10H,2-4H2,1H3,(H2,9,11)(H,17,18,19)/t5-,6+/m1/s1. The molecule has 2 saturated heterocycles. The molecule has 12 nitrogen and oxygen atoms in total. The highest BCUT2D eigenvalue weighted by Crippen LogP contribution is 2.30. The minimum Gasteiger partial charge on any atom is -0.310 e. The molecule has 126 valence electrons. The fourth-order valence-electron chi connectivity index (χ4n) is 2.40. The van der Waals surface area contributed by atoms with Crippen molar-refractivity contribution in [2.45, 2.75) is 24.9 Å². The predicted molar refractivity (Wildman–Crippen MR) is 72.2 cm³/mol. The molecule has 2 aliphatic heterocycles. The Kier molecular flexibility index (Phi) is 4.31. The SMILES string of the molecule is CNS(=O)(=O)NC(=N)[C@@H]1CC[C@@H]2CN1C(=O)N2OS(=O)(=O)O. The van der Waals surface area contributed by atoms with Crippen LogP contribution in [0.5, 0.6) is 0 Å². The van der Waals surface area contributed by atoms with Crippen LogP contribution in [0.3, 0.4) is 0 Å². The Balaban J connectivity index is 2.14. The number of nitrogens with one attached hydrogen (secondary N) is 3. The maximum atomic E-state index is 12.1. The molecule has 2 amide bonds. The molecule has 0 saturated carbocycles. The molecule has 0 unspecified atom stereocenters. The van der Waals surface area contributed by atoms with Crippen molar-refractivity contribution in [3.05, 3.63) is 0 Å². The Hall–Kier alpha value is -1.48. The number of amidine groups is 1. The highest BCUT2D eigenvalue weighted by atomic mass is 32.3. The van der Waals surface area contributed by atoms with E-state index in [2.05, 4.69) is 4.28 Å². The second kappa shape index (κ2) is 5.62. The Morgan fingerprint density at radius 2 is 2.00 bits per heavy atom. The molecule has 0 aromatic heterocycles. The maximum Gasteiger partial charge on any atom is 0.418 e. The molecule has 0 aromatic rings. The third kappa shape index (κ3) is 3.46. The first-order valence-corrected chi connectivity index (χ1v) is 8.95. The average molecular weight is 357 g/mol. The van der Waals surface area contributed by atoms with Crippen molar-refractivity contribution in [1.29, 1.82) is 5.41 Å². The molecule has 2 aliphatic rings. The summed E-state index contributed by atoms with van der Waals surface area (Å²) in [5.41, 5.74) is 0. The number of carbonyl (C=O) groups is 1. The molecule has 2 atom stereocenters. The van der Waals surface area contributed by atoms with Crippen LogP contribution in [0.15, 0.2) is 0 Å². The van der Waals surface area contributed by atoms with Gasteiger partial charge in [0.05, 0.1) is 12.1 Å². The van der Waals surface area contributed by atoms with Gasteiger partial charge >= 0.3 is 16.4 Å². The predicted octanol–water partition coefficient (Wildman–Crippen LogP) is -1.98. The van der Waals surface area contributed by atoms with Crippen molar-refractivity contribution >= 4 is 32.5 Å². The third-order valence-corrected chi connectivity index (χ3v) is 4.72. The molecule has 0 radical (unpaired) electrons. The number of fused-ring (bicyclic) bond motifs is 2. The van der Waals surface area contributed by atoms with Gasteiger partial charge in [-0.15, -0.1) is 4.28 Å². The topological polar surface area (TPSA) is 169 Å². The fraction of sp³-hybridized carbons (Fsp3) is 0.750. The van der Waals surface area contributed by atoms with E-state index in [1.54, 1.807) is 0 Å². The summed E-state index contributed by atoms with van der Waals surface area (Å²) in [5.74, 6) is -0.421. The van der Waals surface area contributed by atoms with E-state index in [9.17, 15) is 21.6 Å². The van der Waals surface area contributed by atoms with Crippen LogP contribution in [0.25, 0.3) is 0 Å². The van der Waals surface area contributed by atoms with E-state index in [-0.39, 0.29) is 19.4 Å². The van der Waals surface area contributed by atoms with Gasteiger partial charge in [-0.3, -0.25) is 14.7 Å². The number of rotatable bonds is 5. The summed E-state index contributed by atoms with van der Waals surface area (Å²) in [6.45, 7) is 0.0582. The molecule has 2 heterocycles. The van der Waals surface area contributed by atoms with Crippen LogP contribution in [0.4, 0.5) is 4.79 Å². The number of hydrogen-bond acceptors (Lipinski definition) is 7. The highest BCUT2D eigenvalue weighted by molar-refractivity contribution is 7.88. The molecule has 2 rings (SSSR count). The van der Waals surface area contributed by atoms with Gasteiger partial charge in [0.2, 0.25) is 0 Å². The number of urea groups is 1. The summed E-state index contributed by atoms with van der Waals surface area (Å²) in [5, 5.41) is 8.30. The van der Waals surface area contributed by atoms with Gasteiger partial charge in [0.1, 0.15) is 5.84 Å². The van der Waals surface area contributed by atoms with Gasteiger partial charge in [-0.2, -0.15) is 21.9 Å². The number of carbonyl (C=O) groups excluding carboxylic acids is 1. The molecule has 22 heavy (non-hydrogen) atoms. The van der Waals surface area contributed by atoms with Crippen molar-refractivity contribution in [2.75, 3.05) is 13.6 Å². The van der Waals surface area contributed by atoms with Crippen LogP contribution in [-0.4, -0.2) is 68.9 Å². The van der Waals surface area contributed by atoms with E-state index in [0.717, 1.165) is 11.9 Å². The second-order valence-electron chi connectivity index (χ2n) is 4.73. The van der Waals surface area contributed by atoms with Crippen LogP contribution in [-0.2, 0) is 24.9 Å². The van der Waals surface area contributed by atoms with Crippen molar-refractivity contribution in [2.24, 2.45) is 0 Å². The number of nitrogens with zero attached hydrogens (tertiary/aromatic N) is 2. The summed E-state index contributed by atoms with van der Waals surface area (Å²) in [6, 6.07) is -2.32. The van der Waals surface area contributed by atoms with Crippen molar-refractivity contribution < 1.29 is 30.5 Å². The second-order valence-corrected chi connectivity index (χ2v) is 7.36. The van der Waals surface area contributed by atoms with E-state index in [0.29, 0.717) is 5.06 Å². The van der Waals surface area contributed by atoms with Gasteiger partial charge in [0.25, 0.3) is 10.2 Å². The summed E-state index contributed by atoms with van der Waals surface area (Å²) in [7, 11) is -7.57. The van der Waals surface area contributed by atoms with Gasteiger partial charge in [-0.05, 0) is 12.8 Å². The van der Waals surface area contributed by atoms with Crippen LogP contribution >= 0.6 is 0 Å². The quantitative estimate of drug-likeness (QED) is 0.251. The van der Waals surface area contributed by atoms with Gasteiger partial charge in [0.15, 0.2) is 0 Å². The summed E-state index contributed by atoms with van der Waals surface area (Å²) in [4.78, 5) is 13.2. The average Bonchev–Trinajstić information content (AvgIpc) is 2.62. The van der Waals surface area contributed by atoms with Gasteiger partial charge in [0, 0.05) is 13.6 Å². The van der Waals surface area contributed by atoms with Crippen molar-refractivity contribution in [3.63, 3.8) is 0 Å². The lowest BCUT2D eigenvalue weighted by Gasteiger charge is -2.30. The number of hydrogen-bond donors (Lipinski definition) is 4. The maximum absolute atomic E-state index is 12.1. The number of hydroxylamine groups is 2. The number of piperidine rings is 1. The van der Waals surface area contributed by atoms with Gasteiger partial charge in [-0.1, -0.05) is 0 Å². The van der Waals surface area contributed by atoms with E-state index in [1.165, 1.54) is 0 Å². The lowest BCUT2D eigenvalue weighted by molar-refractivity contribution is -0.0316. The Morgan fingerprint density at radius 1 is 1.36 bits per heavy atom. The molecule has 2 fully saturated rings. The zero-order chi connectivity index (χ0) is 16.7. The zero-order valence-electron chi connectivity index (χ0n) is 11.4. The van der Waals surface area contributed by atoms with Crippen molar-refractivity contribution in [1.82, 2.24) is 19.4 Å². The minimum absolute atomic E-state index is 0.0582. The smallest absolute Gasteiger partial charge is 0.310 e. The van der Waals surface area contributed by atoms with E-state index < -0.39 is 44.6 Å². The van der Waals surface area contributed by atoms with E-state index in [4.69, 9.17) is 9.96 Å². The summed E-state index contributed by atoms with van der Waals surface area (Å²) in [6.07, 6.45) is 0.527. The first-order chi connectivity index (χ1) is 10.0. The molecular weight excluding hydrogens is 342 g/mol. The largest absolute Gasteiger partial charge is 0.418 e. The summed E-state index contributed by atoms with van der Waals surface area (Å²) >= 11 is 0. The monoisotopic (exact) mass is 357 g/mol. The molecule has 0 aromatic carbocycles. The molecular formula is C8H15N5O7S2. The van der Waals surface area contributed by atoms with E-state index >= 15 is 0 Å². The van der Waals surface area contributed by atoms with Gasteiger partial charge in [-0.25, -0.2) is 9.52 Å². The molecule has 14 heteroatoms. The molecule has 4 N–H and O–H groups in total. The number of amides is 2. The summed E-state index contributed by atoms with van der Waals surface area (Å²) < 4.78 is 61.1. The molecule has 0 spiro atoms. The first kappa shape index (κ1) is 16.9. The zero-order valence-corrected chi connectivity index (χ0v) is 13.0. The molecule has 2 bridgehead atoms. The fourth-order valence-corrected chi connectivity index (χ4v) is 3.31. The van der Waals surface area contributed by atoms with Crippen molar-refractivity contribution in [3.8, 4) is 0 Å². The van der Waals surface area contributed by atoms with Crippen LogP contribution in [0.2, 0.25) is 0 Å². The van der Waals surface area contributed by atoms with Crippen LogP contribution in [0.1, 0.15) is 12.8 Å². The first-order valence-electron chi connectivity index (χ1n) is 6.10. The Morgan fingerprint density at radius 3 is 2.55 bits per heavy atom. The Bertz CT molecular complexity index is 690. The normalized spacial score (nSPS) is 25.5. The van der Waals surface area contributed by atoms with Crippen LogP contribution in [0, 0.1) is 5.41 Å². The highest BCUT2D eigenvalue weighted by Gasteiger charge is 2.48. The minimum atomic E-state index is -4.85. The third-order valence-electron chi connectivity index (χ3n) is 3.34. The van der Waals surface area contributed by atoms with Gasteiger partial charge < -0.3 is 4.90 Å². The van der Waals surface area contributed by atoms with E-state index in [1.807, 2.05) is 9.44 Å². The lowest BCUT2D eigenvalue weighted by atomic mass is 10.0. The molecule has 0 aliphatic carbocycles. The van der Waals surface area contributed by atoms with Crippen LogP contribution < -0.4 is 9.44 Å². The lowest BCUT2D eigenvalue weighted by Crippen LogP contribution is -2.52. The Labute approximate surface area is 127 Å².